The van der Waals surface area contributed by atoms with Crippen LogP contribution in [-0.2, 0) is 7.05 Å². The van der Waals surface area contributed by atoms with Crippen molar-refractivity contribution in [3.8, 4) is 5.75 Å². The van der Waals surface area contributed by atoms with Crippen molar-refractivity contribution in [2.24, 2.45) is 7.05 Å². The maximum atomic E-state index is 11.1. The van der Waals surface area contributed by atoms with Gasteiger partial charge in [-0.2, -0.15) is 0 Å². The summed E-state index contributed by atoms with van der Waals surface area (Å²) >= 11 is 1.14. The van der Waals surface area contributed by atoms with E-state index in [1.807, 2.05) is 0 Å². The Bertz CT molecular complexity index is 483. The number of thiazole rings is 1. The van der Waals surface area contributed by atoms with E-state index in [1.54, 1.807) is 29.8 Å². The fourth-order valence-electron chi connectivity index (χ4n) is 1.12. The Hall–Kier alpha value is -1.29. The molecular formula is C8H7NO2S. The summed E-state index contributed by atoms with van der Waals surface area (Å²) in [4.78, 5) is 11.1. The van der Waals surface area contributed by atoms with Gasteiger partial charge < -0.3 is 9.67 Å². The van der Waals surface area contributed by atoms with Crippen LogP contribution in [0.4, 0.5) is 0 Å². The first-order chi connectivity index (χ1) is 5.68. The third kappa shape index (κ3) is 0.921. The molecule has 0 aliphatic rings. The van der Waals surface area contributed by atoms with E-state index in [9.17, 15) is 4.79 Å². The van der Waals surface area contributed by atoms with Crippen LogP contribution in [0.3, 0.4) is 0 Å². The molecule has 1 heterocycles. The van der Waals surface area contributed by atoms with E-state index in [1.165, 1.54) is 0 Å². The van der Waals surface area contributed by atoms with Crippen molar-refractivity contribution in [2.45, 2.75) is 0 Å². The number of benzene rings is 1. The Morgan fingerprint density at radius 1 is 1.50 bits per heavy atom. The Morgan fingerprint density at radius 2 is 2.25 bits per heavy atom. The number of rotatable bonds is 0. The predicted molar refractivity (Wildman–Crippen MR) is 48.7 cm³/mol. The Morgan fingerprint density at radius 3 is 3.00 bits per heavy atom. The van der Waals surface area contributed by atoms with E-state index in [4.69, 9.17) is 5.11 Å². The zero-order valence-electron chi connectivity index (χ0n) is 6.44. The lowest BCUT2D eigenvalue weighted by Crippen LogP contribution is -2.06. The third-order valence-corrected chi connectivity index (χ3v) is 2.77. The second-order valence-corrected chi connectivity index (χ2v) is 3.57. The zero-order valence-corrected chi connectivity index (χ0v) is 7.26. The van der Waals surface area contributed by atoms with Crippen molar-refractivity contribution in [3.63, 3.8) is 0 Å². The Balaban J connectivity index is 2.96. The fourth-order valence-corrected chi connectivity index (χ4v) is 2.04. The lowest BCUT2D eigenvalue weighted by Gasteiger charge is -1.93. The molecule has 1 N–H and O–H groups in total. The van der Waals surface area contributed by atoms with Crippen molar-refractivity contribution in [1.29, 1.82) is 0 Å². The number of hydrogen-bond donors (Lipinski definition) is 1. The molecule has 1 aromatic heterocycles. The maximum absolute atomic E-state index is 11.1. The van der Waals surface area contributed by atoms with Crippen molar-refractivity contribution < 1.29 is 5.11 Å². The molecule has 0 radical (unpaired) electrons. The quantitative estimate of drug-likeness (QED) is 0.665. The second kappa shape index (κ2) is 2.35. The van der Waals surface area contributed by atoms with Gasteiger partial charge in [0.1, 0.15) is 5.75 Å². The SMILES string of the molecule is Cn1c(=O)sc2cc(O)ccc21. The van der Waals surface area contributed by atoms with Gasteiger partial charge in [-0.1, -0.05) is 11.3 Å². The molecule has 1 aromatic carbocycles. The van der Waals surface area contributed by atoms with Gasteiger partial charge in [0.05, 0.1) is 10.2 Å². The number of nitrogens with zero attached hydrogens (tertiary/aromatic N) is 1. The van der Waals surface area contributed by atoms with Crippen LogP contribution in [0.2, 0.25) is 0 Å². The second-order valence-electron chi connectivity index (χ2n) is 2.58. The number of phenols is 1. The summed E-state index contributed by atoms with van der Waals surface area (Å²) in [6, 6.07) is 4.92. The van der Waals surface area contributed by atoms with E-state index in [0.29, 0.717) is 0 Å². The minimum atomic E-state index is -0.00407. The van der Waals surface area contributed by atoms with Crippen LogP contribution < -0.4 is 4.87 Å². The summed E-state index contributed by atoms with van der Waals surface area (Å²) in [7, 11) is 1.72. The normalized spacial score (nSPS) is 10.8. The molecule has 0 saturated heterocycles. The first kappa shape index (κ1) is 7.36. The van der Waals surface area contributed by atoms with E-state index in [2.05, 4.69) is 0 Å². The van der Waals surface area contributed by atoms with Crippen LogP contribution in [0.1, 0.15) is 0 Å². The molecule has 62 valence electrons. The molecule has 0 spiro atoms. The van der Waals surface area contributed by atoms with Crippen LogP contribution in [0.25, 0.3) is 10.2 Å². The molecular weight excluding hydrogens is 174 g/mol. The molecule has 4 heteroatoms. The highest BCUT2D eigenvalue weighted by molar-refractivity contribution is 7.16. The molecule has 0 aliphatic heterocycles. The number of phenolic OH excluding ortho intramolecular Hbond substituents is 1. The Labute approximate surface area is 72.5 Å². The lowest BCUT2D eigenvalue weighted by atomic mass is 10.3. The molecule has 12 heavy (non-hydrogen) atoms. The first-order valence-electron chi connectivity index (χ1n) is 3.47. The van der Waals surface area contributed by atoms with Gasteiger partial charge in [0.15, 0.2) is 0 Å². The largest absolute Gasteiger partial charge is 0.508 e. The van der Waals surface area contributed by atoms with E-state index in [0.717, 1.165) is 21.6 Å². The number of aryl methyl sites for hydroxylation is 1. The number of aromatic hydroxyl groups is 1. The molecule has 0 fully saturated rings. The summed E-state index contributed by atoms with van der Waals surface area (Å²) < 4.78 is 2.39. The van der Waals surface area contributed by atoms with Crippen LogP contribution >= 0.6 is 11.3 Å². The summed E-state index contributed by atoms with van der Waals surface area (Å²) in [6.45, 7) is 0. The Kier molecular flexibility index (Phi) is 1.44. The van der Waals surface area contributed by atoms with Gasteiger partial charge >= 0.3 is 4.87 Å². The molecule has 3 nitrogen and oxygen atoms in total. The van der Waals surface area contributed by atoms with Crippen LogP contribution in [0.5, 0.6) is 5.75 Å². The number of fused-ring (bicyclic) bond motifs is 1. The van der Waals surface area contributed by atoms with Crippen molar-refractivity contribution in [1.82, 2.24) is 4.57 Å². The maximum Gasteiger partial charge on any atom is 0.307 e. The number of hydrogen-bond acceptors (Lipinski definition) is 3. The van der Waals surface area contributed by atoms with Gasteiger partial charge in [-0.05, 0) is 18.2 Å². The average Bonchev–Trinajstić information content (AvgIpc) is 2.28. The summed E-state index contributed by atoms with van der Waals surface area (Å²) in [5.74, 6) is 0.198. The van der Waals surface area contributed by atoms with Crippen molar-refractivity contribution >= 4 is 21.6 Å². The summed E-state index contributed by atoms with van der Waals surface area (Å²) in [5, 5.41) is 9.13. The van der Waals surface area contributed by atoms with Crippen molar-refractivity contribution in [2.75, 3.05) is 0 Å². The molecule has 0 aliphatic carbocycles. The molecule has 0 saturated carbocycles. The van der Waals surface area contributed by atoms with Gasteiger partial charge in [0, 0.05) is 7.05 Å². The standard InChI is InChI=1S/C8H7NO2S/c1-9-6-3-2-5(10)4-7(6)12-8(9)11/h2-4,10H,1H3. The lowest BCUT2D eigenvalue weighted by molar-refractivity contribution is 0.476. The smallest absolute Gasteiger partial charge is 0.307 e. The van der Waals surface area contributed by atoms with Gasteiger partial charge in [-0.25, -0.2) is 0 Å². The zero-order chi connectivity index (χ0) is 8.72. The van der Waals surface area contributed by atoms with E-state index >= 15 is 0 Å². The van der Waals surface area contributed by atoms with E-state index < -0.39 is 0 Å². The van der Waals surface area contributed by atoms with Crippen LogP contribution in [0, 0.1) is 0 Å². The monoisotopic (exact) mass is 181 g/mol. The third-order valence-electron chi connectivity index (χ3n) is 1.78. The van der Waals surface area contributed by atoms with Gasteiger partial charge in [-0.15, -0.1) is 0 Å². The topological polar surface area (TPSA) is 42.2 Å². The van der Waals surface area contributed by atoms with Gasteiger partial charge in [0.25, 0.3) is 0 Å². The molecule has 2 rings (SSSR count). The van der Waals surface area contributed by atoms with Crippen LogP contribution in [-0.4, -0.2) is 9.67 Å². The molecule has 2 aromatic rings. The molecule has 0 bridgehead atoms. The van der Waals surface area contributed by atoms with E-state index in [-0.39, 0.29) is 10.6 Å². The van der Waals surface area contributed by atoms with Crippen molar-refractivity contribution in [3.05, 3.63) is 27.9 Å². The summed E-state index contributed by atoms with van der Waals surface area (Å²) in [6.07, 6.45) is 0. The molecule has 0 atom stereocenters. The van der Waals surface area contributed by atoms with Crippen LogP contribution in [0.15, 0.2) is 23.0 Å². The molecule has 0 unspecified atom stereocenters. The first-order valence-corrected chi connectivity index (χ1v) is 4.28. The highest BCUT2D eigenvalue weighted by Crippen LogP contribution is 2.21. The van der Waals surface area contributed by atoms with Gasteiger partial charge in [0.2, 0.25) is 0 Å². The summed E-state index contributed by atoms with van der Waals surface area (Å²) in [5.41, 5.74) is 0.864. The minimum absolute atomic E-state index is 0.00407. The number of aromatic nitrogens is 1. The highest BCUT2D eigenvalue weighted by Gasteiger charge is 2.03. The van der Waals surface area contributed by atoms with Gasteiger partial charge in [-0.3, -0.25) is 4.79 Å². The fraction of sp³-hybridized carbons (Fsp3) is 0.125. The minimum Gasteiger partial charge on any atom is -0.508 e. The predicted octanol–water partition coefficient (Wildman–Crippen LogP) is 1.31. The molecule has 0 amide bonds. The average molecular weight is 181 g/mol. The highest BCUT2D eigenvalue weighted by atomic mass is 32.1.